The third-order valence-electron chi connectivity index (χ3n) is 6.05. The van der Waals surface area contributed by atoms with Crippen LogP contribution in [0.3, 0.4) is 0 Å². The van der Waals surface area contributed by atoms with Gasteiger partial charge in [0.15, 0.2) is 0 Å². The Morgan fingerprint density at radius 2 is 1.81 bits per heavy atom. The third-order valence-corrected chi connectivity index (χ3v) is 6.26. The van der Waals surface area contributed by atoms with Gasteiger partial charge in [-0.3, -0.25) is 4.79 Å². The lowest BCUT2D eigenvalue weighted by molar-refractivity contribution is -0.125. The van der Waals surface area contributed by atoms with Gasteiger partial charge >= 0.3 is 0 Å². The minimum absolute atomic E-state index is 0.0451. The molecule has 0 atom stereocenters. The first-order chi connectivity index (χ1) is 15.5. The van der Waals surface area contributed by atoms with E-state index < -0.39 is 5.54 Å². The van der Waals surface area contributed by atoms with E-state index in [9.17, 15) is 4.79 Å². The van der Waals surface area contributed by atoms with Crippen LogP contribution in [-0.2, 0) is 4.79 Å². The second-order valence-electron chi connectivity index (χ2n) is 7.87. The highest BCUT2D eigenvalue weighted by molar-refractivity contribution is 7.79. The van der Waals surface area contributed by atoms with Crippen molar-refractivity contribution in [3.05, 3.63) is 66.5 Å². The molecule has 3 aromatic rings. The van der Waals surface area contributed by atoms with E-state index in [1.165, 1.54) is 6.33 Å². The molecule has 2 heterocycles. The highest BCUT2D eigenvalue weighted by atomic mass is 32.1. The summed E-state index contributed by atoms with van der Waals surface area (Å²) in [5, 5.41) is 9.13. The predicted molar refractivity (Wildman–Crippen MR) is 127 cm³/mol. The van der Waals surface area contributed by atoms with E-state index in [0.717, 1.165) is 28.8 Å². The molecule has 0 spiro atoms. The summed E-state index contributed by atoms with van der Waals surface area (Å²) >= 11 is 5.37. The Balaban J connectivity index is 1.63. The smallest absolute Gasteiger partial charge is 0.253 e. The average molecular weight is 443 g/mol. The topological polar surface area (TPSA) is 86.0 Å². The lowest BCUT2D eigenvalue weighted by Gasteiger charge is -2.49. The van der Waals surface area contributed by atoms with E-state index in [1.54, 1.807) is 36.0 Å². The van der Waals surface area contributed by atoms with Crippen LogP contribution in [0.5, 0.6) is 0 Å². The van der Waals surface area contributed by atoms with Crippen molar-refractivity contribution in [2.24, 2.45) is 0 Å². The summed E-state index contributed by atoms with van der Waals surface area (Å²) in [6, 6.07) is 11.8. The lowest BCUT2D eigenvalue weighted by Crippen LogP contribution is -2.63. The van der Waals surface area contributed by atoms with Crippen molar-refractivity contribution < 1.29 is 4.79 Å². The van der Waals surface area contributed by atoms with Gasteiger partial charge in [0.05, 0.1) is 17.4 Å². The molecule has 1 amide bonds. The second-order valence-corrected chi connectivity index (χ2v) is 8.08. The number of rotatable bonds is 6. The Kier molecular flexibility index (Phi) is 5.93. The van der Waals surface area contributed by atoms with Crippen molar-refractivity contribution in [1.82, 2.24) is 15.0 Å². The standard InChI is InChI=1S/C24H22N6OS/c1-17-10-21(14-28-22(17)11-25)29(2)23(31)24(8-3-9-24)30(16-32)20-6-4-18(5-7-20)19-12-26-15-27-13-19/h4-7,10,12-16H,3,8-9H2,1-2H3. The number of aryl methyl sites for hydroxylation is 1. The van der Waals surface area contributed by atoms with Gasteiger partial charge in [-0.1, -0.05) is 24.4 Å². The van der Waals surface area contributed by atoms with Gasteiger partial charge in [0, 0.05) is 30.7 Å². The number of amides is 1. The molecule has 1 aliphatic carbocycles. The fraction of sp³-hybridized carbons (Fsp3) is 0.250. The summed E-state index contributed by atoms with van der Waals surface area (Å²) in [7, 11) is 1.74. The molecule has 0 aliphatic heterocycles. The number of anilines is 2. The molecule has 0 radical (unpaired) electrons. The molecule has 0 saturated heterocycles. The molecule has 0 unspecified atom stereocenters. The maximum atomic E-state index is 13.7. The van der Waals surface area contributed by atoms with Crippen molar-refractivity contribution in [2.75, 3.05) is 16.8 Å². The zero-order chi connectivity index (χ0) is 22.7. The number of nitriles is 1. The SMILES string of the molecule is Cc1cc(N(C)C(=O)C2(N(C=S)c3ccc(-c4cncnc4)cc3)CCC2)cnc1C#N. The highest BCUT2D eigenvalue weighted by Gasteiger charge is 2.50. The number of hydrogen-bond acceptors (Lipinski definition) is 6. The average Bonchev–Trinajstić information content (AvgIpc) is 2.81. The normalized spacial score (nSPS) is 14.0. The molecule has 1 aromatic carbocycles. The molecule has 2 aromatic heterocycles. The molecule has 160 valence electrons. The van der Waals surface area contributed by atoms with Crippen LogP contribution < -0.4 is 9.80 Å². The van der Waals surface area contributed by atoms with Gasteiger partial charge in [0.1, 0.15) is 23.6 Å². The maximum absolute atomic E-state index is 13.7. The van der Waals surface area contributed by atoms with Crippen LogP contribution >= 0.6 is 12.2 Å². The van der Waals surface area contributed by atoms with Gasteiger partial charge in [-0.2, -0.15) is 5.26 Å². The van der Waals surface area contributed by atoms with E-state index in [4.69, 9.17) is 17.5 Å². The molecule has 0 N–H and O–H groups in total. The van der Waals surface area contributed by atoms with Gasteiger partial charge < -0.3 is 9.80 Å². The monoisotopic (exact) mass is 442 g/mol. The van der Waals surface area contributed by atoms with Crippen LogP contribution in [0.2, 0.25) is 0 Å². The van der Waals surface area contributed by atoms with Crippen LogP contribution in [0.25, 0.3) is 11.1 Å². The molecule has 7 nitrogen and oxygen atoms in total. The summed E-state index contributed by atoms with van der Waals surface area (Å²) in [4.78, 5) is 29.5. The summed E-state index contributed by atoms with van der Waals surface area (Å²) in [6.07, 6.45) is 8.95. The summed E-state index contributed by atoms with van der Waals surface area (Å²) in [6.45, 7) is 1.81. The minimum atomic E-state index is -0.740. The van der Waals surface area contributed by atoms with Crippen molar-refractivity contribution >= 4 is 35.0 Å². The summed E-state index contributed by atoms with van der Waals surface area (Å²) < 4.78 is 0. The second kappa shape index (κ2) is 8.81. The van der Waals surface area contributed by atoms with Crippen molar-refractivity contribution in [1.29, 1.82) is 5.26 Å². The maximum Gasteiger partial charge on any atom is 0.253 e. The Labute approximate surface area is 192 Å². The number of likely N-dealkylation sites (N-methyl/N-ethyl adjacent to an activating group) is 1. The fourth-order valence-corrected chi connectivity index (χ4v) is 4.35. The molecule has 4 rings (SSSR count). The molecule has 1 aliphatic rings. The highest BCUT2D eigenvalue weighted by Crippen LogP contribution is 2.42. The number of thiocarbonyl (C=S) groups is 1. The Bertz CT molecular complexity index is 1190. The number of aromatic nitrogens is 3. The Hall–Kier alpha value is -3.70. The van der Waals surface area contributed by atoms with Crippen LogP contribution in [0.1, 0.15) is 30.5 Å². The zero-order valence-electron chi connectivity index (χ0n) is 17.9. The quantitative estimate of drug-likeness (QED) is 0.532. The van der Waals surface area contributed by atoms with Gasteiger partial charge in [-0.05, 0) is 55.5 Å². The van der Waals surface area contributed by atoms with E-state index in [2.05, 4.69) is 21.0 Å². The third kappa shape index (κ3) is 3.72. The van der Waals surface area contributed by atoms with Crippen molar-refractivity contribution in [3.8, 4) is 17.2 Å². The zero-order valence-corrected chi connectivity index (χ0v) is 18.7. The number of pyridine rings is 1. The van der Waals surface area contributed by atoms with Crippen LogP contribution in [0.4, 0.5) is 11.4 Å². The van der Waals surface area contributed by atoms with E-state index >= 15 is 0 Å². The van der Waals surface area contributed by atoms with Gasteiger partial charge in [0.25, 0.3) is 5.91 Å². The van der Waals surface area contributed by atoms with E-state index in [1.807, 2.05) is 42.2 Å². The molecule has 1 saturated carbocycles. The number of nitrogens with zero attached hydrogens (tertiary/aromatic N) is 6. The predicted octanol–water partition coefficient (Wildman–Crippen LogP) is 4.07. The minimum Gasteiger partial charge on any atom is -0.323 e. The Morgan fingerprint density at radius 3 is 2.34 bits per heavy atom. The molecule has 0 bridgehead atoms. The molecule has 32 heavy (non-hydrogen) atoms. The first kappa shape index (κ1) is 21.5. The lowest BCUT2D eigenvalue weighted by atomic mass is 9.74. The summed E-state index contributed by atoms with van der Waals surface area (Å²) in [5.74, 6) is -0.0451. The largest absolute Gasteiger partial charge is 0.323 e. The summed E-state index contributed by atoms with van der Waals surface area (Å²) in [5.41, 5.74) is 5.34. The molecule has 1 fully saturated rings. The Morgan fingerprint density at radius 1 is 1.12 bits per heavy atom. The molecular weight excluding hydrogens is 420 g/mol. The first-order valence-electron chi connectivity index (χ1n) is 10.2. The van der Waals surface area contributed by atoms with E-state index in [-0.39, 0.29) is 5.91 Å². The number of benzene rings is 1. The number of carbonyl (C=O) groups excluding carboxylic acids is 1. The fourth-order valence-electron chi connectivity index (χ4n) is 4.03. The van der Waals surface area contributed by atoms with Crippen LogP contribution in [0.15, 0.2) is 55.2 Å². The van der Waals surface area contributed by atoms with Crippen LogP contribution in [0, 0.1) is 18.3 Å². The number of hydrogen-bond donors (Lipinski definition) is 0. The van der Waals surface area contributed by atoms with Gasteiger partial charge in [-0.15, -0.1) is 0 Å². The van der Waals surface area contributed by atoms with Crippen LogP contribution in [-0.4, -0.2) is 38.9 Å². The first-order valence-corrected chi connectivity index (χ1v) is 10.7. The van der Waals surface area contributed by atoms with Gasteiger partial charge in [-0.25, -0.2) is 15.0 Å². The van der Waals surface area contributed by atoms with E-state index in [0.29, 0.717) is 24.2 Å². The van der Waals surface area contributed by atoms with Crippen molar-refractivity contribution in [2.45, 2.75) is 31.7 Å². The molecular formula is C24H22N6OS. The molecule has 8 heteroatoms. The van der Waals surface area contributed by atoms with Gasteiger partial charge in [0.2, 0.25) is 0 Å². The van der Waals surface area contributed by atoms with Crippen molar-refractivity contribution in [3.63, 3.8) is 0 Å². The number of carbonyl (C=O) groups is 1.